The number of halogens is 3. The molecule has 1 heterocycles. The number of anilines is 2. The Balaban J connectivity index is 2.34. The van der Waals surface area contributed by atoms with Gasteiger partial charge in [0.15, 0.2) is 0 Å². The number of morpholine rings is 1. The van der Waals surface area contributed by atoms with Crippen LogP contribution in [0, 0.1) is 0 Å². The average Bonchev–Trinajstić information content (AvgIpc) is 2.56. The van der Waals surface area contributed by atoms with E-state index >= 15 is 0 Å². The first-order chi connectivity index (χ1) is 11.8. The van der Waals surface area contributed by atoms with Gasteiger partial charge in [0.25, 0.3) is 5.91 Å². The predicted molar refractivity (Wildman–Crippen MR) is 85.3 cm³/mol. The number of carbonyl (C=O) groups is 2. The van der Waals surface area contributed by atoms with E-state index < -0.39 is 29.6 Å². The van der Waals surface area contributed by atoms with Crippen molar-refractivity contribution in [1.82, 2.24) is 5.32 Å². The molecule has 0 unspecified atom stereocenters. The monoisotopic (exact) mass is 359 g/mol. The quantitative estimate of drug-likeness (QED) is 0.836. The highest BCUT2D eigenvalue weighted by Crippen LogP contribution is 2.38. The number of rotatable bonds is 5. The van der Waals surface area contributed by atoms with Gasteiger partial charge in [0.05, 0.1) is 23.9 Å². The van der Waals surface area contributed by atoms with Crippen LogP contribution in [0.2, 0.25) is 0 Å². The van der Waals surface area contributed by atoms with Gasteiger partial charge in [-0.1, -0.05) is 0 Å². The van der Waals surface area contributed by atoms with Crippen molar-refractivity contribution in [3.05, 3.63) is 29.5 Å². The van der Waals surface area contributed by atoms with Gasteiger partial charge in [-0.3, -0.25) is 9.59 Å². The van der Waals surface area contributed by atoms with Crippen molar-refractivity contribution in [3.8, 4) is 0 Å². The first-order valence-electron chi connectivity index (χ1n) is 7.50. The number of nitrogens with one attached hydrogen (secondary N) is 3. The van der Waals surface area contributed by atoms with Gasteiger partial charge in [-0.15, -0.1) is 6.54 Å². The molecule has 25 heavy (non-hydrogen) atoms. The summed E-state index contributed by atoms with van der Waals surface area (Å²) in [7, 11) is 1.48. The Morgan fingerprint density at radius 3 is 2.72 bits per heavy atom. The van der Waals surface area contributed by atoms with E-state index in [2.05, 4.69) is 10.6 Å². The van der Waals surface area contributed by atoms with Gasteiger partial charge in [0.2, 0.25) is 5.91 Å². The van der Waals surface area contributed by atoms with Crippen LogP contribution in [0.4, 0.5) is 24.5 Å². The highest BCUT2D eigenvalue weighted by atomic mass is 19.4. The highest BCUT2D eigenvalue weighted by Gasteiger charge is 2.37. The summed E-state index contributed by atoms with van der Waals surface area (Å²) in [5, 5.41) is 4.95. The molecule has 0 bridgehead atoms. The Morgan fingerprint density at radius 2 is 2.16 bits per heavy atom. The fourth-order valence-corrected chi connectivity index (χ4v) is 2.40. The lowest BCUT2D eigenvalue weighted by molar-refractivity contribution is -0.137. The number of carbonyl (C=O) groups excluding carboxylic acids is 2. The van der Waals surface area contributed by atoms with Crippen molar-refractivity contribution in [2.24, 2.45) is 0 Å². The molecule has 3 N–H and O–H groups in total. The molecule has 1 aliphatic heterocycles. The van der Waals surface area contributed by atoms with Crippen molar-refractivity contribution in [2.75, 3.05) is 43.6 Å². The topological polar surface area (TPSA) is 94.5 Å². The SMILES string of the molecule is CN[C@@H](C[NH-])C(=O)Nc1ccc(N2CCOCC2=O)c(C(F)(F)F)c1. The second-order valence-electron chi connectivity index (χ2n) is 5.36. The third kappa shape index (κ3) is 4.47. The van der Waals surface area contributed by atoms with Crippen molar-refractivity contribution < 1.29 is 27.5 Å². The van der Waals surface area contributed by atoms with Crippen LogP contribution < -0.4 is 15.5 Å². The van der Waals surface area contributed by atoms with Crippen molar-refractivity contribution in [1.29, 1.82) is 0 Å². The minimum atomic E-state index is -4.70. The van der Waals surface area contributed by atoms with E-state index in [0.717, 1.165) is 17.0 Å². The van der Waals surface area contributed by atoms with Crippen molar-refractivity contribution in [3.63, 3.8) is 0 Å². The Kier molecular flexibility index (Phi) is 5.98. The lowest BCUT2D eigenvalue weighted by Gasteiger charge is -2.29. The Bertz CT molecular complexity index is 647. The molecule has 10 heteroatoms. The first kappa shape index (κ1) is 19.2. The minimum absolute atomic E-state index is 0.0221. The van der Waals surface area contributed by atoms with E-state index in [4.69, 9.17) is 10.5 Å². The van der Waals surface area contributed by atoms with Gasteiger partial charge >= 0.3 is 6.18 Å². The third-order valence-electron chi connectivity index (χ3n) is 3.72. The zero-order chi connectivity index (χ0) is 18.6. The summed E-state index contributed by atoms with van der Waals surface area (Å²) in [6.45, 7) is -0.360. The molecular formula is C15H18F3N4O3-. The predicted octanol–water partition coefficient (Wildman–Crippen LogP) is 1.65. The molecule has 7 nitrogen and oxygen atoms in total. The molecule has 1 aromatic carbocycles. The maximum Gasteiger partial charge on any atom is 0.418 e. The summed E-state index contributed by atoms with van der Waals surface area (Å²) in [5.41, 5.74) is 5.87. The number of alkyl halides is 3. The van der Waals surface area contributed by atoms with E-state index in [1.807, 2.05) is 0 Å². The van der Waals surface area contributed by atoms with E-state index in [0.29, 0.717) is 0 Å². The van der Waals surface area contributed by atoms with E-state index in [1.54, 1.807) is 0 Å². The molecule has 0 aromatic heterocycles. The van der Waals surface area contributed by atoms with Crippen LogP contribution in [0.1, 0.15) is 5.56 Å². The molecule has 1 aromatic rings. The maximum absolute atomic E-state index is 13.4. The molecule has 138 valence electrons. The molecule has 2 rings (SSSR count). The normalized spacial score (nSPS) is 16.7. The lowest BCUT2D eigenvalue weighted by atomic mass is 10.1. The molecule has 1 atom stereocenters. The fraction of sp³-hybridized carbons (Fsp3) is 0.467. The molecule has 1 aliphatic rings. The van der Waals surface area contributed by atoms with Crippen LogP contribution in [0.5, 0.6) is 0 Å². The van der Waals surface area contributed by atoms with Crippen LogP contribution in [0.15, 0.2) is 18.2 Å². The number of hydrogen-bond acceptors (Lipinski definition) is 4. The third-order valence-corrected chi connectivity index (χ3v) is 3.72. The standard InChI is InChI=1S/C15H18F3N4O3/c1-20-11(7-19)14(24)21-9-2-3-12(10(6-9)15(16,17)18)22-4-5-25-8-13(22)23/h2-3,6,11,19-20H,4-5,7-8H2,1H3,(H,21,24)/q-1/t11-/m0/s1. The van der Waals surface area contributed by atoms with E-state index in [9.17, 15) is 22.8 Å². The summed E-state index contributed by atoms with van der Waals surface area (Å²) >= 11 is 0. The Morgan fingerprint density at radius 1 is 1.44 bits per heavy atom. The van der Waals surface area contributed by atoms with Gasteiger partial charge in [0, 0.05) is 12.2 Å². The van der Waals surface area contributed by atoms with Crippen LogP contribution in [-0.2, 0) is 20.5 Å². The van der Waals surface area contributed by atoms with Gasteiger partial charge in [-0.05, 0) is 25.2 Å². The first-order valence-corrected chi connectivity index (χ1v) is 7.50. The maximum atomic E-state index is 13.4. The van der Waals surface area contributed by atoms with Gasteiger partial charge in [-0.25, -0.2) is 0 Å². The number of nitrogens with zero attached hydrogens (tertiary/aromatic N) is 1. The van der Waals surface area contributed by atoms with Crippen LogP contribution in [-0.4, -0.2) is 51.2 Å². The van der Waals surface area contributed by atoms with Crippen molar-refractivity contribution in [2.45, 2.75) is 12.2 Å². The Hall–Kier alpha value is -2.17. The van der Waals surface area contributed by atoms with Crippen LogP contribution in [0.25, 0.3) is 5.73 Å². The number of hydrogen-bond donors (Lipinski definition) is 2. The number of benzene rings is 1. The largest absolute Gasteiger partial charge is 0.676 e. The molecular weight excluding hydrogens is 341 g/mol. The molecule has 0 spiro atoms. The van der Waals surface area contributed by atoms with Gasteiger partial charge in [-0.2, -0.15) is 13.2 Å². The number of amides is 2. The second kappa shape index (κ2) is 7.81. The smallest absolute Gasteiger partial charge is 0.418 e. The molecule has 0 saturated carbocycles. The summed E-state index contributed by atoms with van der Waals surface area (Å²) < 4.78 is 45.2. The molecule has 0 radical (unpaired) electrons. The second-order valence-corrected chi connectivity index (χ2v) is 5.36. The number of likely N-dealkylation sites (N-methyl/N-ethyl adjacent to an activating group) is 1. The summed E-state index contributed by atoms with van der Waals surface area (Å²) in [6, 6.07) is 2.39. The average molecular weight is 359 g/mol. The van der Waals surface area contributed by atoms with Gasteiger partial charge < -0.3 is 26.0 Å². The van der Waals surface area contributed by atoms with Crippen LogP contribution in [0.3, 0.4) is 0 Å². The fourth-order valence-electron chi connectivity index (χ4n) is 2.40. The lowest BCUT2D eigenvalue weighted by Crippen LogP contribution is -2.42. The molecule has 1 fully saturated rings. The zero-order valence-electron chi connectivity index (χ0n) is 13.4. The van der Waals surface area contributed by atoms with Crippen LogP contribution >= 0.6 is 0 Å². The minimum Gasteiger partial charge on any atom is -0.676 e. The highest BCUT2D eigenvalue weighted by molar-refractivity contribution is 5.98. The summed E-state index contributed by atoms with van der Waals surface area (Å²) in [4.78, 5) is 24.8. The molecule has 1 saturated heterocycles. The molecule has 0 aliphatic carbocycles. The number of ether oxygens (including phenoxy) is 1. The Labute approximate surface area is 142 Å². The van der Waals surface area contributed by atoms with E-state index in [1.165, 1.54) is 13.1 Å². The zero-order valence-corrected chi connectivity index (χ0v) is 13.4. The summed E-state index contributed by atoms with van der Waals surface area (Å²) in [5.74, 6) is -1.17. The van der Waals surface area contributed by atoms with Crippen molar-refractivity contribution >= 4 is 23.2 Å². The summed E-state index contributed by atoms with van der Waals surface area (Å²) in [6.07, 6.45) is -4.70. The van der Waals surface area contributed by atoms with Gasteiger partial charge in [0.1, 0.15) is 6.61 Å². The molecule has 2 amide bonds. The van der Waals surface area contributed by atoms with E-state index in [-0.39, 0.29) is 37.7 Å².